The van der Waals surface area contributed by atoms with E-state index < -0.39 is 0 Å². The van der Waals surface area contributed by atoms with E-state index in [1.54, 1.807) is 31.4 Å². The number of hydrogen-bond acceptors (Lipinski definition) is 5. The molecule has 1 aromatic heterocycles. The number of ketones is 1. The lowest BCUT2D eigenvalue weighted by molar-refractivity contribution is 0.0994. The molecule has 0 saturated heterocycles. The first kappa shape index (κ1) is 19.9. The molecule has 0 spiro atoms. The quantitative estimate of drug-likeness (QED) is 0.303. The molecular formula is C24H21N3O2S. The highest BCUT2D eigenvalue weighted by molar-refractivity contribution is 8.00. The second-order valence-electron chi connectivity index (χ2n) is 6.70. The number of Topliss-reactive ketones (excluding diaryl/α,β-unsaturated/α-hetero) is 1. The summed E-state index contributed by atoms with van der Waals surface area (Å²) in [6.45, 7) is 1.89. The molecule has 0 saturated carbocycles. The molecule has 4 aromatic rings. The molecule has 0 N–H and O–H groups in total. The van der Waals surface area contributed by atoms with Crippen LogP contribution in [-0.2, 0) is 0 Å². The van der Waals surface area contributed by atoms with Crippen molar-refractivity contribution in [3.63, 3.8) is 0 Å². The van der Waals surface area contributed by atoms with E-state index >= 15 is 0 Å². The highest BCUT2D eigenvalue weighted by atomic mass is 32.2. The van der Waals surface area contributed by atoms with E-state index in [1.165, 1.54) is 11.8 Å². The van der Waals surface area contributed by atoms with Gasteiger partial charge in [0.15, 0.2) is 16.8 Å². The predicted octanol–water partition coefficient (Wildman–Crippen LogP) is 5.31. The van der Waals surface area contributed by atoms with Crippen LogP contribution in [0.25, 0.3) is 17.1 Å². The summed E-state index contributed by atoms with van der Waals surface area (Å²) >= 11 is 1.40. The van der Waals surface area contributed by atoms with Crippen molar-refractivity contribution in [1.29, 1.82) is 0 Å². The van der Waals surface area contributed by atoms with E-state index in [0.717, 1.165) is 22.8 Å². The zero-order valence-electron chi connectivity index (χ0n) is 16.7. The van der Waals surface area contributed by atoms with Crippen molar-refractivity contribution in [3.05, 3.63) is 90.5 Å². The van der Waals surface area contributed by atoms with Crippen LogP contribution in [0, 0.1) is 0 Å². The number of ether oxygens (including phenoxy) is 1. The van der Waals surface area contributed by atoms with Gasteiger partial charge in [0.25, 0.3) is 0 Å². The average molecular weight is 416 g/mol. The van der Waals surface area contributed by atoms with Crippen LogP contribution in [0.2, 0.25) is 0 Å². The van der Waals surface area contributed by atoms with Gasteiger partial charge in [0.2, 0.25) is 0 Å². The number of para-hydroxylation sites is 1. The molecular weight excluding hydrogens is 394 g/mol. The minimum Gasteiger partial charge on any atom is -0.497 e. The number of thioether (sulfide) groups is 1. The maximum absolute atomic E-state index is 13.0. The van der Waals surface area contributed by atoms with Crippen LogP contribution in [0.1, 0.15) is 17.3 Å². The molecule has 0 amide bonds. The number of carbonyl (C=O) groups is 1. The van der Waals surface area contributed by atoms with Gasteiger partial charge in [-0.2, -0.15) is 0 Å². The molecule has 0 bridgehead atoms. The summed E-state index contributed by atoms with van der Waals surface area (Å²) in [5.74, 6) is 1.50. The third kappa shape index (κ3) is 4.14. The van der Waals surface area contributed by atoms with Crippen LogP contribution in [0.3, 0.4) is 0 Å². The summed E-state index contributed by atoms with van der Waals surface area (Å²) < 4.78 is 7.17. The molecule has 5 nitrogen and oxygen atoms in total. The SMILES string of the molecule is COc1ccc(C(=O)[C@H](C)Sc2nnc(-c3ccccc3)n2-c2ccccc2)cc1. The van der Waals surface area contributed by atoms with Gasteiger partial charge in [0.05, 0.1) is 12.4 Å². The van der Waals surface area contributed by atoms with E-state index in [-0.39, 0.29) is 11.0 Å². The van der Waals surface area contributed by atoms with Crippen molar-refractivity contribution >= 4 is 17.5 Å². The maximum Gasteiger partial charge on any atom is 0.196 e. The summed E-state index contributed by atoms with van der Waals surface area (Å²) in [6, 6.07) is 27.0. The first-order chi connectivity index (χ1) is 14.7. The number of benzene rings is 3. The Hall–Kier alpha value is -3.38. The molecule has 0 radical (unpaired) electrons. The summed E-state index contributed by atoms with van der Waals surface area (Å²) in [5, 5.41) is 9.20. The topological polar surface area (TPSA) is 57.0 Å². The first-order valence-electron chi connectivity index (χ1n) is 9.58. The van der Waals surface area contributed by atoms with Crippen molar-refractivity contribution < 1.29 is 9.53 Å². The number of methoxy groups -OCH3 is 1. The summed E-state index contributed by atoms with van der Waals surface area (Å²) in [5.41, 5.74) is 2.56. The lowest BCUT2D eigenvalue weighted by Crippen LogP contribution is -2.14. The van der Waals surface area contributed by atoms with Gasteiger partial charge >= 0.3 is 0 Å². The molecule has 30 heavy (non-hydrogen) atoms. The van der Waals surface area contributed by atoms with Gasteiger partial charge in [0.1, 0.15) is 5.75 Å². The largest absolute Gasteiger partial charge is 0.497 e. The fourth-order valence-corrected chi connectivity index (χ4v) is 4.08. The Morgan fingerprint density at radius 2 is 1.53 bits per heavy atom. The summed E-state index contributed by atoms with van der Waals surface area (Å²) in [4.78, 5) is 13.0. The van der Waals surface area contributed by atoms with Crippen LogP contribution in [-0.4, -0.2) is 32.9 Å². The normalized spacial score (nSPS) is 11.8. The maximum atomic E-state index is 13.0. The Bertz CT molecular complexity index is 1130. The van der Waals surface area contributed by atoms with Gasteiger partial charge in [-0.1, -0.05) is 60.3 Å². The Morgan fingerprint density at radius 1 is 0.900 bits per heavy atom. The minimum atomic E-state index is -0.325. The highest BCUT2D eigenvalue weighted by Crippen LogP contribution is 2.31. The van der Waals surface area contributed by atoms with Crippen molar-refractivity contribution in [3.8, 4) is 22.8 Å². The molecule has 0 aliphatic carbocycles. The number of aromatic nitrogens is 3. The smallest absolute Gasteiger partial charge is 0.196 e. The predicted molar refractivity (Wildman–Crippen MR) is 119 cm³/mol. The monoisotopic (exact) mass is 415 g/mol. The number of rotatable bonds is 7. The van der Waals surface area contributed by atoms with E-state index in [9.17, 15) is 4.79 Å². The van der Waals surface area contributed by atoms with Gasteiger partial charge in [-0.25, -0.2) is 0 Å². The van der Waals surface area contributed by atoms with Gasteiger partial charge in [-0.3, -0.25) is 9.36 Å². The second kappa shape index (κ2) is 8.97. The van der Waals surface area contributed by atoms with Gasteiger partial charge in [-0.05, 0) is 43.3 Å². The molecule has 1 heterocycles. The zero-order valence-corrected chi connectivity index (χ0v) is 17.5. The molecule has 6 heteroatoms. The Morgan fingerprint density at radius 3 is 2.17 bits per heavy atom. The highest BCUT2D eigenvalue weighted by Gasteiger charge is 2.22. The van der Waals surface area contributed by atoms with Gasteiger partial charge < -0.3 is 4.74 Å². The number of hydrogen-bond donors (Lipinski definition) is 0. The fraction of sp³-hybridized carbons (Fsp3) is 0.125. The molecule has 0 aliphatic heterocycles. The first-order valence-corrected chi connectivity index (χ1v) is 10.5. The Balaban J connectivity index is 1.67. The van der Waals surface area contributed by atoms with E-state index in [1.807, 2.05) is 72.2 Å². The van der Waals surface area contributed by atoms with Crippen molar-refractivity contribution in [2.75, 3.05) is 7.11 Å². The van der Waals surface area contributed by atoms with Crippen LogP contribution >= 0.6 is 11.8 Å². The molecule has 0 fully saturated rings. The molecule has 3 aromatic carbocycles. The lowest BCUT2D eigenvalue weighted by atomic mass is 10.1. The van der Waals surface area contributed by atoms with Crippen LogP contribution in [0.4, 0.5) is 0 Å². The van der Waals surface area contributed by atoms with Crippen LogP contribution in [0.5, 0.6) is 5.75 Å². The molecule has 150 valence electrons. The lowest BCUT2D eigenvalue weighted by Gasteiger charge is -2.13. The van der Waals surface area contributed by atoms with Crippen LogP contribution in [0.15, 0.2) is 90.1 Å². The fourth-order valence-electron chi connectivity index (χ4n) is 3.13. The van der Waals surface area contributed by atoms with E-state index in [0.29, 0.717) is 10.7 Å². The summed E-state index contributed by atoms with van der Waals surface area (Å²) in [6.07, 6.45) is 0. The Labute approximate surface area is 179 Å². The van der Waals surface area contributed by atoms with Gasteiger partial charge in [0, 0.05) is 16.8 Å². The van der Waals surface area contributed by atoms with E-state index in [2.05, 4.69) is 10.2 Å². The molecule has 4 rings (SSSR count). The van der Waals surface area contributed by atoms with Crippen molar-refractivity contribution in [2.45, 2.75) is 17.3 Å². The van der Waals surface area contributed by atoms with Crippen molar-refractivity contribution in [2.24, 2.45) is 0 Å². The minimum absolute atomic E-state index is 0.0338. The molecule has 1 atom stereocenters. The van der Waals surface area contributed by atoms with Gasteiger partial charge in [-0.15, -0.1) is 10.2 Å². The van der Waals surface area contributed by atoms with Crippen LogP contribution < -0.4 is 4.74 Å². The standard InChI is InChI=1S/C24H21N3O2S/c1-17(22(28)18-13-15-21(29-2)16-14-18)30-24-26-25-23(19-9-5-3-6-10-19)27(24)20-11-7-4-8-12-20/h3-17H,1-2H3/t17-/m0/s1. The van der Waals surface area contributed by atoms with E-state index in [4.69, 9.17) is 4.74 Å². The molecule has 0 aliphatic rings. The number of carbonyl (C=O) groups excluding carboxylic acids is 1. The third-order valence-corrected chi connectivity index (χ3v) is 5.75. The second-order valence-corrected chi connectivity index (χ2v) is 8.00. The Kier molecular flexibility index (Phi) is 5.95. The summed E-state index contributed by atoms with van der Waals surface area (Å²) in [7, 11) is 1.61. The van der Waals surface area contributed by atoms with Crippen molar-refractivity contribution in [1.82, 2.24) is 14.8 Å². The zero-order chi connectivity index (χ0) is 20.9. The number of nitrogens with zero attached hydrogens (tertiary/aromatic N) is 3. The average Bonchev–Trinajstić information content (AvgIpc) is 3.23. The third-order valence-electron chi connectivity index (χ3n) is 4.71. The molecule has 0 unspecified atom stereocenters.